The third kappa shape index (κ3) is 1.26. The van der Waals surface area contributed by atoms with Gasteiger partial charge in [0.15, 0.2) is 0 Å². The molecule has 0 atom stereocenters. The number of nitrogens with zero attached hydrogens (tertiary/aromatic N) is 2. The number of hydroxylamine groups is 2. The number of hydrogen-bond donors (Lipinski definition) is 2. The van der Waals surface area contributed by atoms with Gasteiger partial charge < -0.3 is 0 Å². The molecule has 4 heteroatoms. The molecular weight excluding hydrogens is 82.0 g/mol. The average molecular weight is 85.1 g/mol. The van der Waals surface area contributed by atoms with Crippen LogP contribution in [0.5, 0.6) is 0 Å². The first-order chi connectivity index (χ1) is 2.81. The van der Waals surface area contributed by atoms with E-state index < -0.39 is 0 Å². The molecule has 0 aromatic carbocycles. The molecule has 4 nitrogen and oxygen atoms in total. The van der Waals surface area contributed by atoms with Gasteiger partial charge in [-0.15, -0.1) is 5.06 Å². The van der Waals surface area contributed by atoms with Crippen molar-refractivity contribution in [1.82, 2.24) is 5.06 Å². The van der Waals surface area contributed by atoms with Gasteiger partial charge in [-0.1, -0.05) is 0 Å². The smallest absolute Gasteiger partial charge is 0.211 e. The van der Waals surface area contributed by atoms with Crippen LogP contribution in [0.1, 0.15) is 0 Å². The number of nitrogens with one attached hydrogen (secondary N) is 1. The topological polar surface area (TPSA) is 71.1 Å². The molecule has 0 aromatic rings. The van der Waals surface area contributed by atoms with Gasteiger partial charge in [-0.25, -0.2) is 0 Å². The van der Waals surface area contributed by atoms with E-state index in [9.17, 15) is 0 Å². The number of rotatable bonds is 1. The van der Waals surface area contributed by atoms with Crippen molar-refractivity contribution in [3.63, 3.8) is 0 Å². The van der Waals surface area contributed by atoms with Gasteiger partial charge >= 0.3 is 0 Å². The maximum Gasteiger partial charge on any atom is 0.211 e. The molecule has 0 spiro atoms. The van der Waals surface area contributed by atoms with Crippen LogP contribution in [-0.4, -0.2) is 16.6 Å². The second-order valence-corrected chi connectivity index (χ2v) is 0.574. The van der Waals surface area contributed by atoms with Gasteiger partial charge in [-0.2, -0.15) is 5.26 Å². The minimum atomic E-state index is 0.0972. The molecule has 0 aromatic heterocycles. The van der Waals surface area contributed by atoms with Gasteiger partial charge in [0.05, 0.1) is 0 Å². The van der Waals surface area contributed by atoms with Gasteiger partial charge in [-0.05, 0) is 0 Å². The zero-order valence-corrected chi connectivity index (χ0v) is 2.92. The highest BCUT2D eigenvalue weighted by Crippen LogP contribution is 1.59. The van der Waals surface area contributed by atoms with Crippen LogP contribution in [0.15, 0.2) is 0 Å². The van der Waals surface area contributed by atoms with Gasteiger partial charge in [-0.3, -0.25) is 10.6 Å². The summed E-state index contributed by atoms with van der Waals surface area (Å²) < 4.78 is 0. The molecule has 0 aliphatic heterocycles. The fraction of sp³-hybridized carbons (Fsp3) is 0. The van der Waals surface area contributed by atoms with Gasteiger partial charge in [0.1, 0.15) is 6.34 Å². The van der Waals surface area contributed by atoms with Crippen LogP contribution in [0.3, 0.4) is 0 Å². The minimum Gasteiger partial charge on any atom is -0.288 e. The summed E-state index contributed by atoms with van der Waals surface area (Å²) in [7, 11) is 0. The highest BCUT2D eigenvalue weighted by molar-refractivity contribution is 5.50. The predicted molar refractivity (Wildman–Crippen MR) is 18.0 cm³/mol. The molecule has 0 rings (SSSR count). The summed E-state index contributed by atoms with van der Waals surface area (Å²) in [5, 5.41) is 21.7. The van der Waals surface area contributed by atoms with E-state index in [1.807, 2.05) is 0 Å². The van der Waals surface area contributed by atoms with Crippen LogP contribution in [0.2, 0.25) is 0 Å². The van der Waals surface area contributed by atoms with E-state index in [0.29, 0.717) is 6.34 Å². The first kappa shape index (κ1) is 4.92. The summed E-state index contributed by atoms with van der Waals surface area (Å²) in [6.07, 6.45) is 1.76. The lowest BCUT2D eigenvalue weighted by Crippen LogP contribution is -2.06. The molecule has 0 amide bonds. The van der Waals surface area contributed by atoms with Crippen molar-refractivity contribution in [2.75, 3.05) is 0 Å². The zero-order chi connectivity index (χ0) is 4.99. The molecule has 0 aliphatic carbocycles. The molecule has 0 unspecified atom stereocenters. The van der Waals surface area contributed by atoms with E-state index in [0.717, 1.165) is 0 Å². The van der Waals surface area contributed by atoms with Crippen molar-refractivity contribution in [2.45, 2.75) is 0 Å². The van der Waals surface area contributed by atoms with E-state index >= 15 is 0 Å². The second-order valence-electron chi connectivity index (χ2n) is 0.574. The fourth-order valence-electron chi connectivity index (χ4n) is 0.0289. The Kier molecular flexibility index (Phi) is 1.78. The van der Waals surface area contributed by atoms with Crippen molar-refractivity contribution in [1.29, 1.82) is 10.7 Å². The Labute approximate surface area is 34.7 Å². The summed E-state index contributed by atoms with van der Waals surface area (Å²) in [5.74, 6) is 0. The largest absolute Gasteiger partial charge is 0.288 e. The molecule has 0 bridgehead atoms. The highest BCUT2D eigenvalue weighted by Gasteiger charge is 1.77. The Bertz CT molecular complexity index is 83.3. The van der Waals surface area contributed by atoms with Crippen LogP contribution >= 0.6 is 0 Å². The monoisotopic (exact) mass is 85.0 g/mol. The van der Waals surface area contributed by atoms with Crippen LogP contribution in [0.25, 0.3) is 0 Å². The number of hydrogen-bond acceptors (Lipinski definition) is 3. The quantitative estimate of drug-likeness (QED) is 0.152. The zero-order valence-electron chi connectivity index (χ0n) is 2.92. The normalized spacial score (nSPS) is 6.00. The predicted octanol–water partition coefficient (Wildman–Crippen LogP) is -0.234. The lowest BCUT2D eigenvalue weighted by atomic mass is 11.1. The van der Waals surface area contributed by atoms with E-state index in [1.165, 1.54) is 6.19 Å². The van der Waals surface area contributed by atoms with Crippen LogP contribution in [-0.2, 0) is 0 Å². The van der Waals surface area contributed by atoms with Gasteiger partial charge in [0, 0.05) is 0 Å². The molecule has 0 radical (unpaired) electrons. The summed E-state index contributed by atoms with van der Waals surface area (Å²) in [5.41, 5.74) is 0. The molecule has 0 aliphatic rings. The lowest BCUT2D eigenvalue weighted by Gasteiger charge is -1.88. The maximum absolute atomic E-state index is 7.90. The minimum absolute atomic E-state index is 0.0972. The van der Waals surface area contributed by atoms with Crippen LogP contribution in [0.4, 0.5) is 0 Å². The third-order valence-corrected chi connectivity index (χ3v) is 0.225. The van der Waals surface area contributed by atoms with Gasteiger partial charge in [0.2, 0.25) is 6.19 Å². The lowest BCUT2D eigenvalue weighted by molar-refractivity contribution is 0.0531. The van der Waals surface area contributed by atoms with E-state index in [4.69, 9.17) is 15.9 Å². The van der Waals surface area contributed by atoms with Crippen LogP contribution < -0.4 is 0 Å². The molecule has 0 saturated heterocycles. The molecule has 6 heavy (non-hydrogen) atoms. The Hall–Kier alpha value is -1.08. The Morgan fingerprint density at radius 1 is 2.00 bits per heavy atom. The highest BCUT2D eigenvalue weighted by atomic mass is 16.5. The van der Waals surface area contributed by atoms with Crippen molar-refractivity contribution in [3.8, 4) is 6.19 Å². The summed E-state index contributed by atoms with van der Waals surface area (Å²) in [6.45, 7) is 0. The summed E-state index contributed by atoms with van der Waals surface area (Å²) >= 11 is 0. The van der Waals surface area contributed by atoms with E-state index in [-0.39, 0.29) is 5.06 Å². The molecule has 0 saturated carbocycles. The van der Waals surface area contributed by atoms with E-state index in [1.54, 1.807) is 0 Å². The molecular formula is C2H3N3O. The summed E-state index contributed by atoms with van der Waals surface area (Å²) in [6, 6.07) is 0. The molecule has 32 valence electrons. The third-order valence-electron chi connectivity index (χ3n) is 0.225. The van der Waals surface area contributed by atoms with Crippen LogP contribution in [0, 0.1) is 16.9 Å². The van der Waals surface area contributed by atoms with Crippen molar-refractivity contribution in [3.05, 3.63) is 0 Å². The maximum atomic E-state index is 7.90. The first-order valence-electron chi connectivity index (χ1n) is 1.19. The SMILES string of the molecule is N#CN(O)C=N. The van der Waals surface area contributed by atoms with Gasteiger partial charge in [0.25, 0.3) is 0 Å². The average Bonchev–Trinajstić information content (AvgIpc) is 1.65. The van der Waals surface area contributed by atoms with Crippen molar-refractivity contribution < 1.29 is 5.21 Å². The van der Waals surface area contributed by atoms with Crippen molar-refractivity contribution >= 4 is 6.34 Å². The summed E-state index contributed by atoms with van der Waals surface area (Å²) in [4.78, 5) is 0. The standard InChI is InChI=1S/C2H3N3O/c3-1-5(6)2-4/h1,3,6H. The Balaban J connectivity index is 3.30. The number of nitriles is 1. The Morgan fingerprint density at radius 2 is 2.50 bits per heavy atom. The van der Waals surface area contributed by atoms with E-state index in [2.05, 4.69) is 0 Å². The molecule has 0 heterocycles. The Morgan fingerprint density at radius 3 is 2.50 bits per heavy atom. The second kappa shape index (κ2) is 2.18. The van der Waals surface area contributed by atoms with Crippen molar-refractivity contribution in [2.24, 2.45) is 0 Å². The molecule has 2 N–H and O–H groups in total. The molecule has 0 fully saturated rings. The first-order valence-corrected chi connectivity index (χ1v) is 1.19. The fourth-order valence-corrected chi connectivity index (χ4v) is 0.0289.